The summed E-state index contributed by atoms with van der Waals surface area (Å²) >= 11 is 3.18. The van der Waals surface area contributed by atoms with E-state index in [1.807, 2.05) is 6.92 Å². The Morgan fingerprint density at radius 2 is 2.30 bits per heavy atom. The number of carbonyl (C=O) groups is 2. The molecule has 1 amide bonds. The fraction of sp³-hybridized carbons (Fsp3) is 0.429. The highest BCUT2D eigenvalue weighted by atomic mass is 79.9. The number of carboxylic acids is 1. The summed E-state index contributed by atoms with van der Waals surface area (Å²) in [6.45, 7) is 2.59. The van der Waals surface area contributed by atoms with Gasteiger partial charge in [0.1, 0.15) is 5.76 Å². The third-order valence-corrected chi connectivity index (χ3v) is 4.21. The van der Waals surface area contributed by atoms with Crippen LogP contribution in [-0.4, -0.2) is 35.0 Å². The second kappa shape index (κ2) is 5.83. The first-order valence-electron chi connectivity index (χ1n) is 6.42. The molecular weight excluding hydrogens is 326 g/mol. The number of rotatable bonds is 4. The molecule has 1 aromatic rings. The van der Waals surface area contributed by atoms with Crippen molar-refractivity contribution in [2.75, 3.05) is 13.1 Å². The van der Waals surface area contributed by atoms with Gasteiger partial charge in [-0.3, -0.25) is 9.59 Å². The van der Waals surface area contributed by atoms with Crippen molar-refractivity contribution in [2.24, 2.45) is 5.41 Å². The van der Waals surface area contributed by atoms with E-state index in [4.69, 9.17) is 4.42 Å². The van der Waals surface area contributed by atoms with Gasteiger partial charge in [-0.15, -0.1) is 0 Å². The lowest BCUT2D eigenvalue weighted by atomic mass is 9.84. The summed E-state index contributed by atoms with van der Waals surface area (Å²) in [5.74, 6) is -0.437. The summed E-state index contributed by atoms with van der Waals surface area (Å²) in [5.41, 5.74) is -0.794. The van der Waals surface area contributed by atoms with E-state index < -0.39 is 11.4 Å². The highest BCUT2D eigenvalue weighted by molar-refractivity contribution is 9.10. The highest BCUT2D eigenvalue weighted by Crippen LogP contribution is 2.34. The van der Waals surface area contributed by atoms with Crippen LogP contribution >= 0.6 is 15.9 Å². The predicted octanol–water partition coefficient (Wildman–Crippen LogP) is 2.77. The molecule has 2 heterocycles. The maximum atomic E-state index is 12.0. The number of hydrogen-bond donors (Lipinski definition) is 1. The zero-order valence-corrected chi connectivity index (χ0v) is 12.7. The summed E-state index contributed by atoms with van der Waals surface area (Å²) in [5, 5.41) is 9.30. The largest absolute Gasteiger partial charge is 0.481 e. The number of aliphatic carboxylic acids is 1. The lowest BCUT2D eigenvalue weighted by Gasteiger charge is -2.22. The van der Waals surface area contributed by atoms with Crippen LogP contribution in [-0.2, 0) is 9.59 Å². The molecule has 20 heavy (non-hydrogen) atoms. The molecule has 1 aliphatic rings. The Morgan fingerprint density at radius 1 is 1.55 bits per heavy atom. The first-order chi connectivity index (χ1) is 9.47. The molecule has 108 valence electrons. The number of carbonyl (C=O) groups excluding carboxylic acids is 1. The molecule has 6 heteroatoms. The zero-order valence-electron chi connectivity index (χ0n) is 11.1. The molecule has 0 aromatic carbocycles. The minimum absolute atomic E-state index is 0.186. The monoisotopic (exact) mass is 341 g/mol. The normalized spacial score (nSPS) is 22.6. The molecule has 0 bridgehead atoms. The van der Waals surface area contributed by atoms with Gasteiger partial charge in [0.2, 0.25) is 5.91 Å². The third kappa shape index (κ3) is 2.95. The molecule has 1 atom stereocenters. The number of likely N-dealkylation sites (tertiary alicyclic amines) is 1. The van der Waals surface area contributed by atoms with Crippen LogP contribution in [0.4, 0.5) is 0 Å². The Morgan fingerprint density at radius 3 is 2.80 bits per heavy atom. The standard InChI is InChI=1S/C14H16BrNO4/c1-2-14(13(18)19)7-8-16(9-14)12(17)6-4-10-3-5-11(15)20-10/h3-6H,2,7-9H2,1H3,(H,18,19). The van der Waals surface area contributed by atoms with Gasteiger partial charge >= 0.3 is 5.97 Å². The molecule has 1 saturated heterocycles. The van der Waals surface area contributed by atoms with Crippen molar-refractivity contribution in [1.82, 2.24) is 4.90 Å². The van der Waals surface area contributed by atoms with Crippen LogP contribution in [0.25, 0.3) is 6.08 Å². The van der Waals surface area contributed by atoms with Crippen molar-refractivity contribution >= 4 is 33.9 Å². The highest BCUT2D eigenvalue weighted by Gasteiger charge is 2.44. The molecule has 0 saturated carbocycles. The Kier molecular flexibility index (Phi) is 4.32. The van der Waals surface area contributed by atoms with Crippen LogP contribution in [0.2, 0.25) is 0 Å². The summed E-state index contributed by atoms with van der Waals surface area (Å²) in [4.78, 5) is 24.9. The maximum Gasteiger partial charge on any atom is 0.311 e. The number of halogens is 1. The molecular formula is C14H16BrNO4. The predicted molar refractivity (Wildman–Crippen MR) is 77.0 cm³/mol. The summed E-state index contributed by atoms with van der Waals surface area (Å²) < 4.78 is 5.86. The van der Waals surface area contributed by atoms with Crippen LogP contribution in [0.15, 0.2) is 27.3 Å². The van der Waals surface area contributed by atoms with Crippen LogP contribution in [0.1, 0.15) is 25.5 Å². The maximum absolute atomic E-state index is 12.0. The fourth-order valence-electron chi connectivity index (χ4n) is 2.35. The number of amides is 1. The molecule has 1 fully saturated rings. The quantitative estimate of drug-likeness (QED) is 0.854. The molecule has 1 aromatic heterocycles. The Labute approximate surface area is 125 Å². The first kappa shape index (κ1) is 14.8. The van der Waals surface area contributed by atoms with Crippen molar-refractivity contribution in [3.8, 4) is 0 Å². The number of carboxylic acid groups (broad SMARTS) is 1. The van der Waals surface area contributed by atoms with Gasteiger partial charge in [0.15, 0.2) is 4.67 Å². The van der Waals surface area contributed by atoms with E-state index in [0.29, 0.717) is 29.8 Å². The Bertz CT molecular complexity index is 551. The van der Waals surface area contributed by atoms with Gasteiger partial charge in [-0.2, -0.15) is 0 Å². The Balaban J connectivity index is 2.01. The summed E-state index contributed by atoms with van der Waals surface area (Å²) in [7, 11) is 0. The van der Waals surface area contributed by atoms with Crippen molar-refractivity contribution in [3.05, 3.63) is 28.6 Å². The molecule has 1 aliphatic heterocycles. The Hall–Kier alpha value is -1.56. The number of hydrogen-bond acceptors (Lipinski definition) is 3. The molecule has 2 rings (SSSR count). The molecule has 0 aliphatic carbocycles. The van der Waals surface area contributed by atoms with Crippen LogP contribution in [0, 0.1) is 5.41 Å². The second-order valence-corrected chi connectivity index (χ2v) is 5.71. The lowest BCUT2D eigenvalue weighted by molar-refractivity contribution is -0.148. The zero-order chi connectivity index (χ0) is 14.8. The van der Waals surface area contributed by atoms with Crippen molar-refractivity contribution in [3.63, 3.8) is 0 Å². The topological polar surface area (TPSA) is 70.8 Å². The minimum atomic E-state index is -0.825. The SMILES string of the molecule is CCC1(C(=O)O)CCN(C(=O)C=Cc2ccc(Br)o2)C1. The van der Waals surface area contributed by atoms with Crippen molar-refractivity contribution in [2.45, 2.75) is 19.8 Å². The summed E-state index contributed by atoms with van der Waals surface area (Å²) in [6.07, 6.45) is 4.03. The average molecular weight is 342 g/mol. The van der Waals surface area contributed by atoms with Crippen LogP contribution in [0.3, 0.4) is 0 Å². The van der Waals surface area contributed by atoms with Gasteiger partial charge in [0.05, 0.1) is 5.41 Å². The third-order valence-electron chi connectivity index (χ3n) is 3.78. The number of furan rings is 1. The number of nitrogens with zero attached hydrogens (tertiary/aromatic N) is 1. The van der Waals surface area contributed by atoms with E-state index in [2.05, 4.69) is 15.9 Å². The average Bonchev–Trinajstić information content (AvgIpc) is 3.03. The molecule has 0 radical (unpaired) electrons. The van der Waals surface area contributed by atoms with E-state index in [0.717, 1.165) is 0 Å². The first-order valence-corrected chi connectivity index (χ1v) is 7.22. The van der Waals surface area contributed by atoms with E-state index in [-0.39, 0.29) is 12.5 Å². The van der Waals surface area contributed by atoms with Crippen LogP contribution < -0.4 is 0 Å². The molecule has 5 nitrogen and oxygen atoms in total. The van der Waals surface area contributed by atoms with Crippen molar-refractivity contribution in [1.29, 1.82) is 0 Å². The summed E-state index contributed by atoms with van der Waals surface area (Å²) in [6, 6.07) is 3.48. The van der Waals surface area contributed by atoms with Gasteiger partial charge in [-0.25, -0.2) is 0 Å². The fourth-order valence-corrected chi connectivity index (χ4v) is 2.67. The van der Waals surface area contributed by atoms with E-state index >= 15 is 0 Å². The van der Waals surface area contributed by atoms with E-state index in [1.54, 1.807) is 23.1 Å². The molecule has 1 N–H and O–H groups in total. The van der Waals surface area contributed by atoms with Crippen LogP contribution in [0.5, 0.6) is 0 Å². The van der Waals surface area contributed by atoms with E-state index in [9.17, 15) is 14.7 Å². The molecule has 0 spiro atoms. The van der Waals surface area contributed by atoms with Gasteiger partial charge in [-0.05, 0) is 47.0 Å². The van der Waals surface area contributed by atoms with Gasteiger partial charge in [0.25, 0.3) is 0 Å². The second-order valence-electron chi connectivity index (χ2n) is 4.92. The smallest absolute Gasteiger partial charge is 0.311 e. The minimum Gasteiger partial charge on any atom is -0.481 e. The van der Waals surface area contributed by atoms with Gasteiger partial charge < -0.3 is 14.4 Å². The van der Waals surface area contributed by atoms with E-state index in [1.165, 1.54) is 6.08 Å². The molecule has 1 unspecified atom stereocenters. The van der Waals surface area contributed by atoms with Gasteiger partial charge in [0, 0.05) is 19.2 Å². The van der Waals surface area contributed by atoms with Crippen molar-refractivity contribution < 1.29 is 19.1 Å². The lowest BCUT2D eigenvalue weighted by Crippen LogP contribution is -2.35. The van der Waals surface area contributed by atoms with Gasteiger partial charge in [-0.1, -0.05) is 6.92 Å².